The van der Waals surface area contributed by atoms with Crippen LogP contribution in [0.1, 0.15) is 60.6 Å². The number of fused-ring (bicyclic) bond motifs is 2. The molecule has 0 radical (unpaired) electrons. The van der Waals surface area contributed by atoms with Gasteiger partial charge in [-0.2, -0.15) is 18.3 Å². The summed E-state index contributed by atoms with van der Waals surface area (Å²) in [4.78, 5) is 11.9. The van der Waals surface area contributed by atoms with Crippen molar-refractivity contribution >= 4 is 27.4 Å². The number of halogens is 3. The van der Waals surface area contributed by atoms with Crippen molar-refractivity contribution < 1.29 is 13.2 Å². The zero-order valence-corrected chi connectivity index (χ0v) is 19.1. The third-order valence-electron chi connectivity index (χ3n) is 7.00. The van der Waals surface area contributed by atoms with Gasteiger partial charge < -0.3 is 4.90 Å². The minimum absolute atomic E-state index is 0.298. The van der Waals surface area contributed by atoms with E-state index in [2.05, 4.69) is 26.2 Å². The van der Waals surface area contributed by atoms with Gasteiger partial charge >= 0.3 is 6.18 Å². The van der Waals surface area contributed by atoms with Gasteiger partial charge in [-0.3, -0.25) is 4.68 Å². The molecular formula is C23H28F3N5S. The lowest BCUT2D eigenvalue weighted by atomic mass is 9.79. The Bertz CT molecular complexity index is 1090. The summed E-state index contributed by atoms with van der Waals surface area (Å²) in [6.45, 7) is 1.77. The molecule has 3 aromatic rings. The van der Waals surface area contributed by atoms with E-state index in [4.69, 9.17) is 0 Å². The number of rotatable bonds is 4. The average Bonchev–Trinajstić information content (AvgIpc) is 3.23. The zero-order valence-electron chi connectivity index (χ0n) is 18.2. The molecule has 3 aromatic heterocycles. The molecule has 2 aliphatic rings. The molecule has 0 aromatic carbocycles. The molecule has 5 rings (SSSR count). The zero-order chi connectivity index (χ0) is 22.3. The largest absolute Gasteiger partial charge is 0.393 e. The van der Waals surface area contributed by atoms with Gasteiger partial charge in [-0.05, 0) is 68.4 Å². The van der Waals surface area contributed by atoms with Gasteiger partial charge in [-0.15, -0.1) is 11.3 Å². The number of thiophene rings is 1. The third kappa shape index (κ3) is 4.49. The van der Waals surface area contributed by atoms with Crippen LogP contribution in [0, 0.1) is 5.92 Å². The van der Waals surface area contributed by atoms with Crippen molar-refractivity contribution in [3.8, 4) is 0 Å². The number of aryl methyl sites for hydroxylation is 1. The number of hydrogen-bond donors (Lipinski definition) is 0. The number of alkyl halides is 3. The summed E-state index contributed by atoms with van der Waals surface area (Å²) in [5.74, 6) is 2.03. The molecule has 9 heteroatoms. The summed E-state index contributed by atoms with van der Waals surface area (Å²) >= 11 is 1.12. The molecule has 5 nitrogen and oxygen atoms in total. The van der Waals surface area contributed by atoms with Crippen LogP contribution >= 0.6 is 11.3 Å². The molecule has 0 bridgehead atoms. The molecule has 1 saturated heterocycles. The lowest BCUT2D eigenvalue weighted by molar-refractivity contribution is -0.126. The highest BCUT2D eigenvalue weighted by atomic mass is 32.1. The summed E-state index contributed by atoms with van der Waals surface area (Å²) < 4.78 is 40.6. The highest BCUT2D eigenvalue weighted by Crippen LogP contribution is 2.39. The second-order valence-electron chi connectivity index (χ2n) is 9.20. The summed E-state index contributed by atoms with van der Waals surface area (Å²) in [5, 5.41) is 5.24. The normalized spacial score (nSPS) is 22.2. The van der Waals surface area contributed by atoms with Crippen molar-refractivity contribution in [1.82, 2.24) is 19.7 Å². The number of aromatic nitrogens is 4. The van der Waals surface area contributed by atoms with E-state index in [1.807, 2.05) is 11.7 Å². The standard InChI is InChI=1S/C23H28F3N5S/c1-30-20-6-2-5-16(19(20)13-29-30)10-15-4-3-8-31(9-7-15)21-18-11-17(12-23(24,25)26)32-22(18)28-14-27-21/h11,13-16H,2-10,12H2,1H3/t15-,16-/m1/s1. The molecule has 1 aliphatic carbocycles. The van der Waals surface area contributed by atoms with E-state index >= 15 is 0 Å². The smallest absolute Gasteiger partial charge is 0.356 e. The molecule has 32 heavy (non-hydrogen) atoms. The second-order valence-corrected chi connectivity index (χ2v) is 10.3. The Balaban J connectivity index is 1.29. The molecule has 0 N–H and O–H groups in total. The SMILES string of the molecule is Cn1ncc2c1CCC[C@@H]2C[C@@H]1CCCN(c2ncnc3sc(CC(F)(F)F)cc23)CC1. The van der Waals surface area contributed by atoms with Gasteiger partial charge in [0.25, 0.3) is 0 Å². The summed E-state index contributed by atoms with van der Waals surface area (Å²) in [5.41, 5.74) is 2.83. The lowest BCUT2D eigenvalue weighted by Gasteiger charge is -2.27. The lowest BCUT2D eigenvalue weighted by Crippen LogP contribution is -2.25. The fourth-order valence-electron chi connectivity index (χ4n) is 5.49. The van der Waals surface area contributed by atoms with E-state index in [-0.39, 0.29) is 0 Å². The van der Waals surface area contributed by atoms with E-state index in [0.29, 0.717) is 21.5 Å². The minimum Gasteiger partial charge on any atom is -0.356 e. The molecular weight excluding hydrogens is 435 g/mol. The van der Waals surface area contributed by atoms with Gasteiger partial charge in [0.15, 0.2) is 0 Å². The Morgan fingerprint density at radius 2 is 2.00 bits per heavy atom. The van der Waals surface area contributed by atoms with Crippen molar-refractivity contribution in [1.29, 1.82) is 0 Å². The molecule has 0 unspecified atom stereocenters. The first kappa shape index (κ1) is 21.7. The number of nitrogens with zero attached hydrogens (tertiary/aromatic N) is 5. The van der Waals surface area contributed by atoms with E-state index in [1.54, 1.807) is 6.07 Å². The van der Waals surface area contributed by atoms with Gasteiger partial charge in [0.2, 0.25) is 0 Å². The maximum Gasteiger partial charge on any atom is 0.393 e. The van der Waals surface area contributed by atoms with E-state index in [1.165, 1.54) is 43.3 Å². The first-order valence-electron chi connectivity index (χ1n) is 11.4. The van der Waals surface area contributed by atoms with E-state index in [9.17, 15) is 13.2 Å². The Kier molecular flexibility index (Phi) is 5.86. The molecule has 1 fully saturated rings. The maximum absolute atomic E-state index is 12.9. The highest BCUT2D eigenvalue weighted by Gasteiger charge is 2.30. The van der Waals surface area contributed by atoms with Gasteiger partial charge in [-0.1, -0.05) is 0 Å². The topological polar surface area (TPSA) is 46.8 Å². The summed E-state index contributed by atoms with van der Waals surface area (Å²) in [6.07, 6.45) is 6.55. The third-order valence-corrected chi connectivity index (χ3v) is 8.04. The van der Waals surface area contributed by atoms with Crippen LogP contribution in [-0.2, 0) is 19.9 Å². The van der Waals surface area contributed by atoms with Gasteiger partial charge in [0, 0.05) is 30.7 Å². The van der Waals surface area contributed by atoms with Crippen molar-refractivity contribution in [3.63, 3.8) is 0 Å². The quantitative estimate of drug-likeness (QED) is 0.502. The molecule has 0 saturated carbocycles. The molecule has 0 spiro atoms. The summed E-state index contributed by atoms with van der Waals surface area (Å²) in [7, 11) is 2.04. The van der Waals surface area contributed by atoms with Crippen LogP contribution in [0.3, 0.4) is 0 Å². The van der Waals surface area contributed by atoms with E-state index in [0.717, 1.165) is 54.9 Å². The Labute approximate surface area is 189 Å². The Morgan fingerprint density at radius 1 is 1.12 bits per heavy atom. The van der Waals surface area contributed by atoms with Gasteiger partial charge in [0.1, 0.15) is 17.0 Å². The monoisotopic (exact) mass is 463 g/mol. The average molecular weight is 464 g/mol. The van der Waals surface area contributed by atoms with Crippen molar-refractivity contribution in [2.45, 2.75) is 63.5 Å². The predicted molar refractivity (Wildman–Crippen MR) is 120 cm³/mol. The first-order valence-corrected chi connectivity index (χ1v) is 12.2. The van der Waals surface area contributed by atoms with Crippen LogP contribution in [0.2, 0.25) is 0 Å². The van der Waals surface area contributed by atoms with Crippen molar-refractivity contribution in [3.05, 3.63) is 34.7 Å². The number of hydrogen-bond acceptors (Lipinski definition) is 5. The second kappa shape index (κ2) is 8.65. The predicted octanol–water partition coefficient (Wildman–Crippen LogP) is 5.65. The first-order chi connectivity index (χ1) is 15.4. The van der Waals surface area contributed by atoms with Crippen LogP contribution in [0.15, 0.2) is 18.6 Å². The summed E-state index contributed by atoms with van der Waals surface area (Å²) in [6, 6.07) is 1.64. The fraction of sp³-hybridized carbons (Fsp3) is 0.609. The molecule has 1 aliphatic heterocycles. The molecule has 172 valence electrons. The van der Waals surface area contributed by atoms with Crippen LogP contribution in [0.25, 0.3) is 10.2 Å². The van der Waals surface area contributed by atoms with Crippen molar-refractivity contribution in [2.24, 2.45) is 13.0 Å². The maximum atomic E-state index is 12.9. The Morgan fingerprint density at radius 3 is 2.84 bits per heavy atom. The number of anilines is 1. The van der Waals surface area contributed by atoms with Crippen LogP contribution in [-0.4, -0.2) is 39.0 Å². The molecule has 0 amide bonds. The van der Waals surface area contributed by atoms with Crippen LogP contribution in [0.5, 0.6) is 0 Å². The van der Waals surface area contributed by atoms with E-state index < -0.39 is 12.6 Å². The van der Waals surface area contributed by atoms with Crippen LogP contribution < -0.4 is 4.90 Å². The molecule has 2 atom stereocenters. The molecule has 4 heterocycles. The van der Waals surface area contributed by atoms with Gasteiger partial charge in [0.05, 0.1) is 18.0 Å². The van der Waals surface area contributed by atoms with Crippen LogP contribution in [0.4, 0.5) is 19.0 Å². The van der Waals surface area contributed by atoms with Gasteiger partial charge in [-0.25, -0.2) is 9.97 Å². The van der Waals surface area contributed by atoms with Crippen molar-refractivity contribution in [2.75, 3.05) is 18.0 Å². The Hall–Kier alpha value is -2.16. The minimum atomic E-state index is -4.21. The highest BCUT2D eigenvalue weighted by molar-refractivity contribution is 7.18. The fourth-order valence-corrected chi connectivity index (χ4v) is 6.51.